The average Bonchev–Trinajstić information content (AvgIpc) is 3.08. The summed E-state index contributed by atoms with van der Waals surface area (Å²) in [6, 6.07) is 9.77. The van der Waals surface area contributed by atoms with Gasteiger partial charge in [-0.2, -0.15) is 9.90 Å². The lowest BCUT2D eigenvalue weighted by molar-refractivity contribution is 0.753. The third kappa shape index (κ3) is 2.14. The highest BCUT2D eigenvalue weighted by atomic mass is 35.5. The predicted molar refractivity (Wildman–Crippen MR) is 72.0 cm³/mol. The SMILES string of the molecule is ClCc1csc(-c2cnn(-c3ccccc3)n2)n1. The number of thiazole rings is 1. The summed E-state index contributed by atoms with van der Waals surface area (Å²) < 4.78 is 0. The maximum Gasteiger partial charge on any atom is 0.145 e. The summed E-state index contributed by atoms with van der Waals surface area (Å²) in [7, 11) is 0. The van der Waals surface area contributed by atoms with Crippen molar-refractivity contribution >= 4 is 22.9 Å². The van der Waals surface area contributed by atoms with E-state index in [0.717, 1.165) is 22.1 Å². The number of para-hydroxylation sites is 1. The first kappa shape index (κ1) is 11.4. The van der Waals surface area contributed by atoms with E-state index in [1.807, 2.05) is 35.7 Å². The number of alkyl halides is 1. The van der Waals surface area contributed by atoms with Crippen LogP contribution >= 0.6 is 22.9 Å². The molecule has 0 atom stereocenters. The molecule has 0 radical (unpaired) electrons. The molecule has 0 saturated heterocycles. The molecule has 0 saturated carbocycles. The molecule has 0 aliphatic carbocycles. The molecule has 3 aromatic rings. The van der Waals surface area contributed by atoms with E-state index in [1.165, 1.54) is 11.3 Å². The highest BCUT2D eigenvalue weighted by Gasteiger charge is 2.09. The van der Waals surface area contributed by atoms with Crippen LogP contribution in [-0.2, 0) is 5.88 Å². The molecule has 4 nitrogen and oxygen atoms in total. The fourth-order valence-electron chi connectivity index (χ4n) is 1.53. The first-order valence-corrected chi connectivity index (χ1v) is 6.77. The zero-order valence-corrected chi connectivity index (χ0v) is 10.9. The Labute approximate surface area is 113 Å². The van der Waals surface area contributed by atoms with Crippen LogP contribution in [0.1, 0.15) is 5.69 Å². The van der Waals surface area contributed by atoms with E-state index in [-0.39, 0.29) is 0 Å². The smallest absolute Gasteiger partial charge is 0.145 e. The molecule has 1 aromatic carbocycles. The van der Waals surface area contributed by atoms with Crippen molar-refractivity contribution in [2.24, 2.45) is 0 Å². The standard InChI is InChI=1S/C12H9ClN4S/c13-6-9-8-18-12(15-9)11-7-14-17(16-11)10-4-2-1-3-5-10/h1-5,7-8H,6H2. The largest absolute Gasteiger partial charge is 0.238 e. The van der Waals surface area contributed by atoms with Gasteiger partial charge in [-0.05, 0) is 12.1 Å². The maximum absolute atomic E-state index is 5.73. The number of aromatic nitrogens is 4. The molecule has 0 unspecified atom stereocenters. The van der Waals surface area contributed by atoms with Gasteiger partial charge in [-0.25, -0.2) is 4.98 Å². The first-order chi connectivity index (χ1) is 8.86. The molecule has 0 bridgehead atoms. The summed E-state index contributed by atoms with van der Waals surface area (Å²) >= 11 is 7.26. The van der Waals surface area contributed by atoms with Crippen LogP contribution in [-0.4, -0.2) is 20.0 Å². The Morgan fingerprint density at radius 2 is 2.06 bits per heavy atom. The summed E-state index contributed by atoms with van der Waals surface area (Å²) in [6.45, 7) is 0. The van der Waals surface area contributed by atoms with E-state index in [4.69, 9.17) is 11.6 Å². The zero-order valence-electron chi connectivity index (χ0n) is 9.32. The van der Waals surface area contributed by atoms with Gasteiger partial charge in [0, 0.05) is 5.38 Å². The van der Waals surface area contributed by atoms with Gasteiger partial charge in [0.25, 0.3) is 0 Å². The van der Waals surface area contributed by atoms with E-state index in [2.05, 4.69) is 15.2 Å². The van der Waals surface area contributed by atoms with Crippen molar-refractivity contribution in [1.82, 2.24) is 20.0 Å². The third-order valence-corrected chi connectivity index (χ3v) is 3.57. The molecule has 6 heteroatoms. The van der Waals surface area contributed by atoms with Gasteiger partial charge >= 0.3 is 0 Å². The Bertz CT molecular complexity index is 647. The van der Waals surface area contributed by atoms with E-state index in [1.54, 1.807) is 11.0 Å². The van der Waals surface area contributed by atoms with Crippen LogP contribution in [0.5, 0.6) is 0 Å². The summed E-state index contributed by atoms with van der Waals surface area (Å²) in [5, 5.41) is 11.4. The van der Waals surface area contributed by atoms with Crippen molar-refractivity contribution in [2.75, 3.05) is 0 Å². The monoisotopic (exact) mass is 276 g/mol. The van der Waals surface area contributed by atoms with Crippen molar-refractivity contribution in [3.8, 4) is 16.4 Å². The van der Waals surface area contributed by atoms with E-state index in [9.17, 15) is 0 Å². The molecule has 90 valence electrons. The van der Waals surface area contributed by atoms with Crippen LogP contribution in [0.15, 0.2) is 41.9 Å². The van der Waals surface area contributed by atoms with Gasteiger partial charge in [0.05, 0.1) is 23.5 Å². The van der Waals surface area contributed by atoms with Crippen LogP contribution in [0, 0.1) is 0 Å². The Balaban J connectivity index is 1.94. The molecule has 2 heterocycles. The van der Waals surface area contributed by atoms with Gasteiger partial charge in [0.1, 0.15) is 10.7 Å². The van der Waals surface area contributed by atoms with Gasteiger partial charge in [-0.3, -0.25) is 0 Å². The van der Waals surface area contributed by atoms with Crippen LogP contribution < -0.4 is 0 Å². The fourth-order valence-corrected chi connectivity index (χ4v) is 2.53. The summed E-state index contributed by atoms with van der Waals surface area (Å²) in [4.78, 5) is 5.97. The molecule has 0 fully saturated rings. The van der Waals surface area contributed by atoms with Gasteiger partial charge in [0.15, 0.2) is 0 Å². The van der Waals surface area contributed by atoms with Crippen molar-refractivity contribution in [3.63, 3.8) is 0 Å². The van der Waals surface area contributed by atoms with Crippen LogP contribution in [0.3, 0.4) is 0 Å². The quantitative estimate of drug-likeness (QED) is 0.690. The molecule has 0 amide bonds. The minimum atomic E-state index is 0.420. The predicted octanol–water partition coefficient (Wildman–Crippen LogP) is 3.13. The van der Waals surface area contributed by atoms with E-state index < -0.39 is 0 Å². The number of rotatable bonds is 3. The van der Waals surface area contributed by atoms with Gasteiger partial charge in [-0.15, -0.1) is 28.0 Å². The normalized spacial score (nSPS) is 10.7. The minimum Gasteiger partial charge on any atom is -0.238 e. The molecule has 2 aromatic heterocycles. The Hall–Kier alpha value is -1.72. The summed E-state index contributed by atoms with van der Waals surface area (Å²) in [6.07, 6.45) is 1.71. The van der Waals surface area contributed by atoms with Gasteiger partial charge in [0.2, 0.25) is 0 Å². The van der Waals surface area contributed by atoms with Crippen LogP contribution in [0.4, 0.5) is 0 Å². The molecule has 0 spiro atoms. The Kier molecular flexibility index (Phi) is 3.08. The van der Waals surface area contributed by atoms with Crippen LogP contribution in [0.25, 0.3) is 16.4 Å². The third-order valence-electron chi connectivity index (χ3n) is 2.39. The molecular weight excluding hydrogens is 268 g/mol. The lowest BCUT2D eigenvalue weighted by Gasteiger charge is -1.96. The average molecular weight is 277 g/mol. The van der Waals surface area contributed by atoms with Crippen molar-refractivity contribution in [2.45, 2.75) is 5.88 Å². The zero-order chi connectivity index (χ0) is 12.4. The highest BCUT2D eigenvalue weighted by Crippen LogP contribution is 2.22. The molecular formula is C12H9ClN4S. The van der Waals surface area contributed by atoms with Crippen molar-refractivity contribution in [3.05, 3.63) is 47.6 Å². The number of hydrogen-bond acceptors (Lipinski definition) is 4. The molecule has 0 aliphatic rings. The second-order valence-electron chi connectivity index (χ2n) is 3.63. The lowest BCUT2D eigenvalue weighted by atomic mass is 10.3. The Morgan fingerprint density at radius 3 is 2.78 bits per heavy atom. The van der Waals surface area contributed by atoms with E-state index >= 15 is 0 Å². The molecule has 0 N–H and O–H groups in total. The minimum absolute atomic E-state index is 0.420. The van der Waals surface area contributed by atoms with Crippen molar-refractivity contribution in [1.29, 1.82) is 0 Å². The first-order valence-electron chi connectivity index (χ1n) is 5.35. The molecule has 3 rings (SSSR count). The highest BCUT2D eigenvalue weighted by molar-refractivity contribution is 7.13. The molecule has 18 heavy (non-hydrogen) atoms. The van der Waals surface area contributed by atoms with Crippen LogP contribution in [0.2, 0.25) is 0 Å². The maximum atomic E-state index is 5.73. The van der Waals surface area contributed by atoms with E-state index in [0.29, 0.717) is 5.88 Å². The number of benzene rings is 1. The summed E-state index contributed by atoms with van der Waals surface area (Å²) in [5.41, 5.74) is 2.56. The van der Waals surface area contributed by atoms with Gasteiger partial charge < -0.3 is 0 Å². The van der Waals surface area contributed by atoms with Gasteiger partial charge in [-0.1, -0.05) is 18.2 Å². The van der Waals surface area contributed by atoms with Crippen molar-refractivity contribution < 1.29 is 0 Å². The number of halogens is 1. The second-order valence-corrected chi connectivity index (χ2v) is 4.76. The number of nitrogens with zero attached hydrogens (tertiary/aromatic N) is 4. The topological polar surface area (TPSA) is 43.6 Å². The molecule has 0 aliphatic heterocycles. The second kappa shape index (κ2) is 4.88. The Morgan fingerprint density at radius 1 is 1.22 bits per heavy atom. The fraction of sp³-hybridized carbons (Fsp3) is 0.0833. The number of hydrogen-bond donors (Lipinski definition) is 0. The lowest BCUT2D eigenvalue weighted by Crippen LogP contribution is -1.97. The summed E-state index contributed by atoms with van der Waals surface area (Å²) in [5.74, 6) is 0.420.